The third kappa shape index (κ3) is 8.97. The van der Waals surface area contributed by atoms with Crippen molar-refractivity contribution in [3.63, 3.8) is 0 Å². The molecule has 0 bridgehead atoms. The summed E-state index contributed by atoms with van der Waals surface area (Å²) in [6.07, 6.45) is 6.14. The zero-order valence-electron chi connectivity index (χ0n) is 35.1. The van der Waals surface area contributed by atoms with Crippen molar-refractivity contribution in [2.75, 3.05) is 69.0 Å². The summed E-state index contributed by atoms with van der Waals surface area (Å²) in [6, 6.07) is 13.2. The fraction of sp³-hybridized carbons (Fsp3) is 0.455. The number of fused-ring (bicyclic) bond motifs is 1. The molecular weight excluding hydrogens is 837 g/mol. The minimum atomic E-state index is -4.02. The number of carbonyl (C=O) groups excluding carboxylic acids is 3. The van der Waals surface area contributed by atoms with Crippen LogP contribution < -0.4 is 25.2 Å². The third-order valence-electron chi connectivity index (χ3n) is 13.2. The summed E-state index contributed by atoms with van der Waals surface area (Å²) in [6.45, 7) is 5.57. The van der Waals surface area contributed by atoms with Crippen LogP contribution in [0.25, 0.3) is 10.9 Å². The lowest BCUT2D eigenvalue weighted by atomic mass is 9.77. The summed E-state index contributed by atoms with van der Waals surface area (Å²) in [4.78, 5) is 61.8. The quantitative estimate of drug-likeness (QED) is 0.200. The zero-order valence-corrected chi connectivity index (χ0v) is 35.9. The van der Waals surface area contributed by atoms with Crippen LogP contribution in [0.5, 0.6) is 11.5 Å². The van der Waals surface area contributed by atoms with Crippen molar-refractivity contribution in [3.05, 3.63) is 88.0 Å². The largest absolute Gasteiger partial charge is 0.453 e. The van der Waals surface area contributed by atoms with E-state index in [1.54, 1.807) is 36.0 Å². The van der Waals surface area contributed by atoms with Crippen LogP contribution in [0.15, 0.2) is 59.7 Å². The number of hydrogen-bond donors (Lipinski definition) is 2. The van der Waals surface area contributed by atoms with Gasteiger partial charge in [-0.2, -0.15) is 18.0 Å². The molecule has 8 rings (SSSR count). The number of piperazine rings is 1. The number of hydrogen-bond acceptors (Lipinski definition) is 11. The Morgan fingerprint density at radius 1 is 1.00 bits per heavy atom. The number of rotatable bonds is 11. The van der Waals surface area contributed by atoms with Crippen LogP contribution in [0.3, 0.4) is 0 Å². The van der Waals surface area contributed by atoms with E-state index in [9.17, 15) is 32.9 Å². The lowest BCUT2D eigenvalue weighted by Gasteiger charge is -2.41. The van der Waals surface area contributed by atoms with Crippen LogP contribution in [0.1, 0.15) is 75.0 Å². The highest BCUT2D eigenvalue weighted by atomic mass is 32.2. The molecule has 1 spiro atoms. The second-order valence-electron chi connectivity index (χ2n) is 16.9. The molecule has 4 fully saturated rings. The number of nitrogens with zero attached hydrogens (tertiary/aromatic N) is 7. The maximum absolute atomic E-state index is 15.3. The molecule has 4 aromatic rings. The molecule has 4 aliphatic rings. The number of imide groups is 1. The molecule has 3 amide bonds. The van der Waals surface area contributed by atoms with Crippen LogP contribution in [-0.2, 0) is 24.6 Å². The second-order valence-corrected chi connectivity index (χ2v) is 18.7. The molecule has 2 N–H and O–H groups in total. The maximum atomic E-state index is 15.3. The number of likely N-dealkylation sites (tertiary alicyclic amines) is 1. The van der Waals surface area contributed by atoms with Gasteiger partial charge in [0.25, 0.3) is 5.56 Å². The first-order valence-electron chi connectivity index (χ1n) is 21.2. The number of carbonyl (C=O) groups is 3. The van der Waals surface area contributed by atoms with Gasteiger partial charge in [0, 0.05) is 65.3 Å². The van der Waals surface area contributed by atoms with Crippen molar-refractivity contribution < 1.29 is 36.3 Å². The summed E-state index contributed by atoms with van der Waals surface area (Å²) >= 11 is 0. The predicted molar refractivity (Wildman–Crippen MR) is 229 cm³/mol. The van der Waals surface area contributed by atoms with Crippen LogP contribution in [0.4, 0.5) is 20.2 Å². The van der Waals surface area contributed by atoms with Crippen LogP contribution in [0.2, 0.25) is 0 Å². The average molecular weight is 886 g/mol. The number of ether oxygens (including phenoxy) is 1. The Bertz CT molecular complexity index is 2670. The molecule has 0 radical (unpaired) electrons. The van der Waals surface area contributed by atoms with E-state index in [1.165, 1.54) is 25.2 Å². The molecule has 19 heteroatoms. The van der Waals surface area contributed by atoms with Crippen LogP contribution >= 0.6 is 0 Å². The van der Waals surface area contributed by atoms with E-state index in [-0.39, 0.29) is 70.7 Å². The first-order chi connectivity index (χ1) is 30.2. The van der Waals surface area contributed by atoms with E-state index in [2.05, 4.69) is 19.9 Å². The first-order valence-corrected chi connectivity index (χ1v) is 22.6. The van der Waals surface area contributed by atoms with Gasteiger partial charge in [-0.1, -0.05) is 13.0 Å². The number of anilines is 2. The van der Waals surface area contributed by atoms with Crippen molar-refractivity contribution in [1.82, 2.24) is 29.0 Å². The van der Waals surface area contributed by atoms with E-state index in [0.29, 0.717) is 62.5 Å². The smallest absolute Gasteiger partial charge is 0.301 e. The molecule has 16 nitrogen and oxygen atoms in total. The Morgan fingerprint density at radius 2 is 1.76 bits per heavy atom. The Balaban J connectivity index is 0.859. The summed E-state index contributed by atoms with van der Waals surface area (Å²) in [7, 11) is -2.66. The third-order valence-corrected chi connectivity index (χ3v) is 14.8. The van der Waals surface area contributed by atoms with E-state index in [0.717, 1.165) is 48.5 Å². The molecule has 4 heterocycles. The highest BCUT2D eigenvalue weighted by Gasteiger charge is 2.43. The number of benzene rings is 3. The fourth-order valence-corrected chi connectivity index (χ4v) is 10.3. The van der Waals surface area contributed by atoms with Gasteiger partial charge in [-0.25, -0.2) is 13.8 Å². The Hall–Kier alpha value is -5.97. The number of halogens is 2. The number of piperidine rings is 2. The van der Waals surface area contributed by atoms with Gasteiger partial charge in [0.15, 0.2) is 11.6 Å². The number of aromatic nitrogens is 2. The van der Waals surface area contributed by atoms with Crippen LogP contribution in [0, 0.1) is 28.4 Å². The molecule has 3 aliphatic heterocycles. The minimum Gasteiger partial charge on any atom is -0.453 e. The Kier molecular flexibility index (Phi) is 12.2. The van der Waals surface area contributed by atoms with E-state index in [4.69, 9.17) is 4.74 Å². The van der Waals surface area contributed by atoms with Gasteiger partial charge in [0.1, 0.15) is 23.2 Å². The summed E-state index contributed by atoms with van der Waals surface area (Å²) in [5.41, 5.74) is 0.554. The molecule has 3 saturated heterocycles. The monoisotopic (exact) mass is 885 g/mol. The van der Waals surface area contributed by atoms with Gasteiger partial charge in [-0.05, 0) is 92.0 Å². The van der Waals surface area contributed by atoms with Crippen molar-refractivity contribution in [3.8, 4) is 17.6 Å². The van der Waals surface area contributed by atoms with Gasteiger partial charge >= 0.3 is 10.2 Å². The van der Waals surface area contributed by atoms with Crippen molar-refractivity contribution in [2.45, 2.75) is 63.8 Å². The summed E-state index contributed by atoms with van der Waals surface area (Å²) in [5, 5.41) is 12.5. The molecule has 1 aliphatic carbocycles. The molecule has 63 heavy (non-hydrogen) atoms. The number of nitriles is 1. The molecule has 332 valence electrons. The topological polar surface area (TPSA) is 190 Å². The molecule has 3 aromatic carbocycles. The summed E-state index contributed by atoms with van der Waals surface area (Å²) in [5.74, 6) is -2.96. The normalized spacial score (nSPS) is 20.6. The SMILES string of the molecule is CCN(C)S(=O)(=O)Nc1ccc(F)c(Oc2ccc3ncn([C@H]4CCC5(CCN(C(=O)CN6CCN(c7ccc(C8CCC(=O)NC8=O)cc7F)CC6)CC5)C4)c(=O)c3c2)c1C#N. The van der Waals surface area contributed by atoms with Crippen molar-refractivity contribution >= 4 is 50.2 Å². The van der Waals surface area contributed by atoms with Gasteiger partial charge in [0.05, 0.1) is 41.1 Å². The predicted octanol–water partition coefficient (Wildman–Crippen LogP) is 4.62. The van der Waals surface area contributed by atoms with Crippen LogP contribution in [-0.4, -0.2) is 109 Å². The molecule has 1 saturated carbocycles. The average Bonchev–Trinajstić information content (AvgIpc) is 3.67. The van der Waals surface area contributed by atoms with Crippen molar-refractivity contribution in [2.24, 2.45) is 5.41 Å². The molecule has 2 atom stereocenters. The fourth-order valence-electron chi connectivity index (χ4n) is 9.34. The minimum absolute atomic E-state index is 0.0338. The molecule has 1 unspecified atom stereocenters. The van der Waals surface area contributed by atoms with E-state index >= 15 is 8.78 Å². The van der Waals surface area contributed by atoms with Gasteiger partial charge in [-0.15, -0.1) is 0 Å². The van der Waals surface area contributed by atoms with Gasteiger partial charge in [-0.3, -0.25) is 38.7 Å². The standard InChI is InChI=1S/C44H49F2N9O7S/c1-3-51(2)63(60,61)50-37-9-7-34(45)41(33(37)25-47)62-30-5-8-36-32(23-30)43(59)55(27-48-36)29-12-13-44(24-29)14-16-54(17-15-44)40(57)26-52-18-20-53(21-19-52)38-10-4-28(22-35(38)46)31-6-11-39(56)49-42(31)58/h4-5,7-10,22-23,27,29,31,50H,3,6,11-21,24,26H2,1-2H3,(H,49,56,58)/t29-,31?/m0/s1. The lowest BCUT2D eigenvalue weighted by Crippen LogP contribution is -2.51. The highest BCUT2D eigenvalue weighted by molar-refractivity contribution is 7.90. The van der Waals surface area contributed by atoms with E-state index in [1.807, 2.05) is 15.9 Å². The summed E-state index contributed by atoms with van der Waals surface area (Å²) < 4.78 is 66.6. The lowest BCUT2D eigenvalue weighted by molar-refractivity contribution is -0.135. The Labute approximate surface area is 363 Å². The first kappa shape index (κ1) is 43.7. The van der Waals surface area contributed by atoms with Gasteiger partial charge < -0.3 is 14.5 Å². The second kappa shape index (κ2) is 17.7. The molecule has 1 aromatic heterocycles. The Morgan fingerprint density at radius 3 is 2.46 bits per heavy atom. The van der Waals surface area contributed by atoms with E-state index < -0.39 is 39.4 Å². The maximum Gasteiger partial charge on any atom is 0.301 e. The number of nitrogens with one attached hydrogen (secondary N) is 2. The highest BCUT2D eigenvalue weighted by Crippen LogP contribution is 2.50. The zero-order chi connectivity index (χ0) is 44.6. The molecular formula is C44H49F2N9O7S. The van der Waals surface area contributed by atoms with Crippen molar-refractivity contribution in [1.29, 1.82) is 5.26 Å². The number of amides is 3. The van der Waals surface area contributed by atoms with Gasteiger partial charge in [0.2, 0.25) is 17.7 Å².